The number of aromatic nitrogens is 2. The molecule has 0 amide bonds. The molecule has 2 N–H and O–H groups in total. The van der Waals surface area contributed by atoms with Gasteiger partial charge in [-0.25, -0.2) is 4.98 Å². The smallest absolute Gasteiger partial charge is 0.122 e. The lowest BCUT2D eigenvalue weighted by molar-refractivity contribution is 0.0357. The number of hydrogen-bond donors (Lipinski definition) is 2. The molecule has 1 rings (SSSR count). The molecule has 98 valence electrons. The third kappa shape index (κ3) is 5.81. The maximum absolute atomic E-state index is 9.63. The van der Waals surface area contributed by atoms with Gasteiger partial charge in [0.1, 0.15) is 5.82 Å². The van der Waals surface area contributed by atoms with Crippen LogP contribution in [0.1, 0.15) is 25.6 Å². The molecule has 0 bridgehead atoms. The molecule has 1 atom stereocenters. The van der Waals surface area contributed by atoms with E-state index in [0.29, 0.717) is 19.7 Å². The third-order valence-corrected chi connectivity index (χ3v) is 2.54. The van der Waals surface area contributed by atoms with Gasteiger partial charge in [-0.2, -0.15) is 0 Å². The number of imidazole rings is 1. The molecule has 1 aromatic rings. The van der Waals surface area contributed by atoms with Crippen LogP contribution in [0.3, 0.4) is 0 Å². The highest BCUT2D eigenvalue weighted by molar-refractivity contribution is 4.90. The molecule has 5 nitrogen and oxygen atoms in total. The summed E-state index contributed by atoms with van der Waals surface area (Å²) in [5.41, 5.74) is 0. The van der Waals surface area contributed by atoms with E-state index in [4.69, 9.17) is 4.74 Å². The van der Waals surface area contributed by atoms with Crippen molar-refractivity contribution in [3.8, 4) is 0 Å². The van der Waals surface area contributed by atoms with E-state index in [2.05, 4.69) is 17.2 Å². The number of hydrogen-bond acceptors (Lipinski definition) is 4. The molecular formula is C12H23N3O2. The van der Waals surface area contributed by atoms with Crippen molar-refractivity contribution in [3.05, 3.63) is 18.2 Å². The fourth-order valence-electron chi connectivity index (χ4n) is 1.44. The van der Waals surface area contributed by atoms with Crippen molar-refractivity contribution < 1.29 is 9.84 Å². The summed E-state index contributed by atoms with van der Waals surface area (Å²) in [7, 11) is 1.95. The lowest BCUT2D eigenvalue weighted by atomic mass is 10.3. The molecule has 17 heavy (non-hydrogen) atoms. The first kappa shape index (κ1) is 14.2. The number of rotatable bonds is 9. The molecule has 0 spiro atoms. The summed E-state index contributed by atoms with van der Waals surface area (Å²) in [6.07, 6.45) is 5.39. The minimum Gasteiger partial charge on any atom is -0.389 e. The lowest BCUT2D eigenvalue weighted by Crippen LogP contribution is -2.30. The largest absolute Gasteiger partial charge is 0.389 e. The van der Waals surface area contributed by atoms with E-state index in [1.165, 1.54) is 0 Å². The highest BCUT2D eigenvalue weighted by Crippen LogP contribution is 1.94. The number of aliphatic hydroxyl groups excluding tert-OH is 1. The van der Waals surface area contributed by atoms with E-state index in [1.54, 1.807) is 6.20 Å². The van der Waals surface area contributed by atoms with Gasteiger partial charge in [0.05, 0.1) is 19.3 Å². The molecule has 0 aliphatic carbocycles. The summed E-state index contributed by atoms with van der Waals surface area (Å²) < 4.78 is 7.29. The van der Waals surface area contributed by atoms with Gasteiger partial charge in [0, 0.05) is 32.6 Å². The van der Waals surface area contributed by atoms with Crippen molar-refractivity contribution in [1.82, 2.24) is 14.9 Å². The summed E-state index contributed by atoms with van der Waals surface area (Å²) >= 11 is 0. The number of aryl methyl sites for hydroxylation is 1. The van der Waals surface area contributed by atoms with Crippen LogP contribution in [0.25, 0.3) is 0 Å². The summed E-state index contributed by atoms with van der Waals surface area (Å²) in [5, 5.41) is 12.8. The Labute approximate surface area is 103 Å². The Morgan fingerprint density at radius 3 is 3.06 bits per heavy atom. The fraction of sp³-hybridized carbons (Fsp3) is 0.750. The molecule has 0 saturated heterocycles. The first-order valence-corrected chi connectivity index (χ1v) is 6.16. The number of nitrogens with zero attached hydrogens (tertiary/aromatic N) is 2. The third-order valence-electron chi connectivity index (χ3n) is 2.54. The summed E-state index contributed by atoms with van der Waals surface area (Å²) in [6, 6.07) is 0. The van der Waals surface area contributed by atoms with Gasteiger partial charge in [-0.15, -0.1) is 0 Å². The zero-order chi connectivity index (χ0) is 12.5. The lowest BCUT2D eigenvalue weighted by Gasteiger charge is -2.12. The highest BCUT2D eigenvalue weighted by Gasteiger charge is 2.04. The van der Waals surface area contributed by atoms with Crippen LogP contribution in [0.15, 0.2) is 12.4 Å². The average Bonchev–Trinajstić information content (AvgIpc) is 2.71. The van der Waals surface area contributed by atoms with Crippen LogP contribution < -0.4 is 5.32 Å². The van der Waals surface area contributed by atoms with Crippen molar-refractivity contribution in [3.63, 3.8) is 0 Å². The van der Waals surface area contributed by atoms with Gasteiger partial charge in [0.25, 0.3) is 0 Å². The van der Waals surface area contributed by atoms with Crippen molar-refractivity contribution in [2.24, 2.45) is 7.05 Å². The quantitative estimate of drug-likeness (QED) is 0.624. The minimum absolute atomic E-state index is 0.396. The molecular weight excluding hydrogens is 218 g/mol. The Kier molecular flexibility index (Phi) is 6.84. The van der Waals surface area contributed by atoms with E-state index in [0.717, 1.165) is 25.3 Å². The number of aliphatic hydroxyl groups is 1. The van der Waals surface area contributed by atoms with Gasteiger partial charge < -0.3 is 19.7 Å². The predicted octanol–water partition coefficient (Wildman–Crippen LogP) is 0.687. The topological polar surface area (TPSA) is 59.3 Å². The summed E-state index contributed by atoms with van der Waals surface area (Å²) in [6.45, 7) is 4.43. The standard InChI is InChI=1S/C12H23N3O2/c1-3-4-7-17-10-11(16)8-13-9-12-14-5-6-15(12)2/h5-6,11,13,16H,3-4,7-10H2,1-2H3. The van der Waals surface area contributed by atoms with Crippen LogP contribution in [-0.2, 0) is 18.3 Å². The van der Waals surface area contributed by atoms with Crippen LogP contribution >= 0.6 is 0 Å². The summed E-state index contributed by atoms with van der Waals surface area (Å²) in [5.74, 6) is 0.962. The van der Waals surface area contributed by atoms with Gasteiger partial charge in [0.15, 0.2) is 0 Å². The van der Waals surface area contributed by atoms with E-state index in [-0.39, 0.29) is 0 Å². The molecule has 0 saturated carbocycles. The first-order chi connectivity index (χ1) is 8.24. The Morgan fingerprint density at radius 1 is 1.59 bits per heavy atom. The number of nitrogens with one attached hydrogen (secondary N) is 1. The second-order valence-electron chi connectivity index (χ2n) is 4.17. The maximum atomic E-state index is 9.63. The number of ether oxygens (including phenoxy) is 1. The SMILES string of the molecule is CCCCOCC(O)CNCc1nccn1C. The fourth-order valence-corrected chi connectivity index (χ4v) is 1.44. The van der Waals surface area contributed by atoms with Gasteiger partial charge in [-0.05, 0) is 6.42 Å². The second kappa shape index (κ2) is 8.22. The van der Waals surface area contributed by atoms with Crippen molar-refractivity contribution >= 4 is 0 Å². The first-order valence-electron chi connectivity index (χ1n) is 6.16. The van der Waals surface area contributed by atoms with Crippen LogP contribution in [-0.4, -0.2) is 40.5 Å². The predicted molar refractivity (Wildman–Crippen MR) is 66.6 cm³/mol. The molecule has 0 aromatic carbocycles. The summed E-state index contributed by atoms with van der Waals surface area (Å²) in [4.78, 5) is 4.19. The molecule has 5 heteroatoms. The molecule has 0 radical (unpaired) electrons. The Morgan fingerprint density at radius 2 is 2.41 bits per heavy atom. The van der Waals surface area contributed by atoms with E-state index in [1.807, 2.05) is 17.8 Å². The van der Waals surface area contributed by atoms with Crippen LogP contribution in [0.4, 0.5) is 0 Å². The van der Waals surface area contributed by atoms with Crippen LogP contribution in [0, 0.1) is 0 Å². The van der Waals surface area contributed by atoms with Gasteiger partial charge in [0.2, 0.25) is 0 Å². The molecule has 0 aliphatic rings. The monoisotopic (exact) mass is 241 g/mol. The minimum atomic E-state index is -0.452. The Balaban J connectivity index is 2.04. The molecule has 0 aliphatic heterocycles. The number of unbranched alkanes of at least 4 members (excludes halogenated alkanes) is 1. The normalized spacial score (nSPS) is 12.9. The zero-order valence-corrected chi connectivity index (χ0v) is 10.7. The Hall–Kier alpha value is -0.910. The van der Waals surface area contributed by atoms with Crippen molar-refractivity contribution in [1.29, 1.82) is 0 Å². The maximum Gasteiger partial charge on any atom is 0.122 e. The van der Waals surface area contributed by atoms with Crippen LogP contribution in [0.2, 0.25) is 0 Å². The van der Waals surface area contributed by atoms with Gasteiger partial charge >= 0.3 is 0 Å². The molecule has 1 heterocycles. The molecule has 1 unspecified atom stereocenters. The van der Waals surface area contributed by atoms with E-state index in [9.17, 15) is 5.11 Å². The van der Waals surface area contributed by atoms with Crippen molar-refractivity contribution in [2.45, 2.75) is 32.4 Å². The van der Waals surface area contributed by atoms with Gasteiger partial charge in [-0.1, -0.05) is 13.3 Å². The average molecular weight is 241 g/mol. The van der Waals surface area contributed by atoms with Gasteiger partial charge in [-0.3, -0.25) is 0 Å². The Bertz CT molecular complexity index is 302. The van der Waals surface area contributed by atoms with Crippen molar-refractivity contribution in [2.75, 3.05) is 19.8 Å². The highest BCUT2D eigenvalue weighted by atomic mass is 16.5. The molecule has 1 aromatic heterocycles. The van der Waals surface area contributed by atoms with E-state index < -0.39 is 6.10 Å². The zero-order valence-electron chi connectivity index (χ0n) is 10.7. The molecule has 0 fully saturated rings. The van der Waals surface area contributed by atoms with Crippen LogP contribution in [0.5, 0.6) is 0 Å². The second-order valence-corrected chi connectivity index (χ2v) is 4.17. The van der Waals surface area contributed by atoms with E-state index >= 15 is 0 Å².